The summed E-state index contributed by atoms with van der Waals surface area (Å²) in [6.07, 6.45) is 0. The fraction of sp³-hybridized carbons (Fsp3) is 0.0256. The normalized spacial score (nSPS) is 13.9. The fourth-order valence-corrected chi connectivity index (χ4v) is 15.4. The van der Waals surface area contributed by atoms with Crippen LogP contribution in [-0.4, -0.2) is 0 Å². The van der Waals surface area contributed by atoms with Gasteiger partial charge in [-0.2, -0.15) is 0 Å². The Labute approximate surface area is 463 Å². The minimum atomic E-state index is -0.530. The Morgan fingerprint density at radius 3 is 1.15 bits per heavy atom. The summed E-state index contributed by atoms with van der Waals surface area (Å²) in [5, 5.41) is 4.39. The average Bonchev–Trinajstić information content (AvgIpc) is 4.17. The van der Waals surface area contributed by atoms with Gasteiger partial charge >= 0.3 is 0 Å². The molecule has 1 aromatic heterocycles. The highest BCUT2D eigenvalue weighted by atomic mass is 16.3. The van der Waals surface area contributed by atoms with Crippen LogP contribution < -0.4 is 4.90 Å². The second kappa shape index (κ2) is 16.1. The van der Waals surface area contributed by atoms with E-state index >= 15 is 0 Å². The van der Waals surface area contributed by atoms with Crippen molar-refractivity contribution in [1.29, 1.82) is 0 Å². The third kappa shape index (κ3) is 5.57. The molecule has 0 radical (unpaired) electrons. The lowest BCUT2D eigenvalue weighted by Gasteiger charge is -2.33. The van der Waals surface area contributed by atoms with E-state index in [0.717, 1.165) is 55.3 Å². The van der Waals surface area contributed by atoms with Gasteiger partial charge in [0.25, 0.3) is 0 Å². The monoisotopic (exact) mass is 1010 g/mol. The summed E-state index contributed by atoms with van der Waals surface area (Å²) < 4.78 is 7.23. The molecule has 370 valence electrons. The zero-order chi connectivity index (χ0) is 52.3. The van der Waals surface area contributed by atoms with Crippen molar-refractivity contribution in [3.63, 3.8) is 0 Å². The maximum atomic E-state index is 7.23. The molecule has 1 heterocycles. The predicted octanol–water partition coefficient (Wildman–Crippen LogP) is 20.2. The molecule has 0 amide bonds. The van der Waals surface area contributed by atoms with Gasteiger partial charge in [0.15, 0.2) is 0 Å². The molecule has 4 aliphatic rings. The molecule has 0 saturated heterocycles. The molecule has 13 aromatic carbocycles. The van der Waals surface area contributed by atoms with Gasteiger partial charge in [-0.25, -0.2) is 0 Å². The average molecular weight is 1010 g/mol. The highest BCUT2D eigenvalue weighted by molar-refractivity contribution is 6.23. The molecule has 18 rings (SSSR count). The van der Waals surface area contributed by atoms with E-state index in [-0.39, 0.29) is 0 Å². The maximum Gasteiger partial charge on any atom is 0.143 e. The van der Waals surface area contributed by atoms with Crippen LogP contribution in [0.4, 0.5) is 17.1 Å². The SMILES string of the molecule is c1ccc(-c2cccc(-c3cc4c(oc5cccc(N(c6ccc7c(c6)C6(c8ccccc8-c8ccccc86)c6ccccc6-7)c6ccc7c(c6)C6(c8ccccc8-c8ccccc86)c6ccccc6-7)c54)c4ccccc34)c2)cc1. The summed E-state index contributed by atoms with van der Waals surface area (Å²) >= 11 is 0. The topological polar surface area (TPSA) is 16.4 Å². The number of furan rings is 1. The Kier molecular flexibility index (Phi) is 8.83. The van der Waals surface area contributed by atoms with E-state index in [1.54, 1.807) is 0 Å². The van der Waals surface area contributed by atoms with Crippen LogP contribution >= 0.6 is 0 Å². The molecule has 0 aliphatic heterocycles. The van der Waals surface area contributed by atoms with Crippen molar-refractivity contribution >= 4 is 49.8 Å². The Morgan fingerprint density at radius 2 is 0.650 bits per heavy atom. The molecule has 0 saturated carbocycles. The van der Waals surface area contributed by atoms with E-state index in [0.29, 0.717) is 0 Å². The Hall–Kier alpha value is -10.3. The molecule has 4 aliphatic carbocycles. The number of anilines is 3. The molecule has 14 aromatic rings. The van der Waals surface area contributed by atoms with Gasteiger partial charge in [-0.05, 0) is 165 Å². The van der Waals surface area contributed by atoms with Crippen LogP contribution in [0.5, 0.6) is 0 Å². The first kappa shape index (κ1) is 43.8. The quantitative estimate of drug-likeness (QED) is 0.171. The number of rotatable bonds is 5. The third-order valence-electron chi connectivity index (χ3n) is 18.5. The van der Waals surface area contributed by atoms with E-state index in [1.165, 1.54) is 106 Å². The number of nitrogens with zero attached hydrogens (tertiary/aromatic N) is 1. The summed E-state index contributed by atoms with van der Waals surface area (Å²) in [6.45, 7) is 0. The van der Waals surface area contributed by atoms with Gasteiger partial charge in [0.2, 0.25) is 0 Å². The lowest BCUT2D eigenvalue weighted by Crippen LogP contribution is -2.26. The smallest absolute Gasteiger partial charge is 0.143 e. The molecule has 2 heteroatoms. The molecular weight excluding hydrogens is 967 g/mol. The van der Waals surface area contributed by atoms with Gasteiger partial charge in [-0.3, -0.25) is 0 Å². The van der Waals surface area contributed by atoms with E-state index in [2.05, 4.69) is 290 Å². The molecular formula is C78H47NO. The van der Waals surface area contributed by atoms with Crippen LogP contribution in [0.25, 0.3) is 99.5 Å². The van der Waals surface area contributed by atoms with E-state index in [1.807, 2.05) is 0 Å². The molecule has 0 N–H and O–H groups in total. The summed E-state index contributed by atoms with van der Waals surface area (Å²) in [4.78, 5) is 2.55. The second-order valence-electron chi connectivity index (χ2n) is 22.1. The van der Waals surface area contributed by atoms with Crippen LogP contribution in [-0.2, 0) is 10.8 Å². The third-order valence-corrected chi connectivity index (χ3v) is 18.5. The highest BCUT2D eigenvalue weighted by Crippen LogP contribution is 2.66. The van der Waals surface area contributed by atoms with Crippen molar-refractivity contribution < 1.29 is 4.42 Å². The number of hydrogen-bond acceptors (Lipinski definition) is 2. The standard InChI is InChI=1S/C78H47NO/c1-2-20-48(21-3-1)49-22-18-23-50(44-49)63-47-64-75-73(38-19-39-74(75)80-76(64)62-31-5-4-24-53(62)63)79(51-40-42-60-58-29-10-16-36-69(58)77(71(60)45-51)65-32-12-6-25-54(65)55-26-7-13-33-66(55)77)52-41-43-61-59-30-11-17-37-70(59)78(72(61)46-52)67-34-14-8-27-56(67)57-28-9-15-35-68(57)78/h1-47H. The van der Waals surface area contributed by atoms with Gasteiger partial charge in [0.1, 0.15) is 11.2 Å². The minimum absolute atomic E-state index is 0.530. The summed E-state index contributed by atoms with van der Waals surface area (Å²) in [5.41, 5.74) is 29.4. The minimum Gasteiger partial charge on any atom is -0.455 e. The first-order valence-corrected chi connectivity index (χ1v) is 27.9. The summed E-state index contributed by atoms with van der Waals surface area (Å²) in [7, 11) is 0. The van der Waals surface area contributed by atoms with Crippen LogP contribution in [0.3, 0.4) is 0 Å². The Bertz CT molecular complexity index is 4660. The van der Waals surface area contributed by atoms with Crippen molar-refractivity contribution in [2.24, 2.45) is 0 Å². The van der Waals surface area contributed by atoms with Crippen LogP contribution in [0.2, 0.25) is 0 Å². The Balaban J connectivity index is 0.940. The van der Waals surface area contributed by atoms with Crippen molar-refractivity contribution in [2.45, 2.75) is 10.8 Å². The Morgan fingerprint density at radius 1 is 0.250 bits per heavy atom. The van der Waals surface area contributed by atoms with Crippen LogP contribution in [0.1, 0.15) is 44.5 Å². The zero-order valence-electron chi connectivity index (χ0n) is 43.5. The number of hydrogen-bond donors (Lipinski definition) is 0. The predicted molar refractivity (Wildman–Crippen MR) is 329 cm³/mol. The van der Waals surface area contributed by atoms with Gasteiger partial charge in [-0.1, -0.05) is 237 Å². The van der Waals surface area contributed by atoms with Crippen molar-refractivity contribution in [2.75, 3.05) is 4.90 Å². The number of benzene rings is 13. The maximum absolute atomic E-state index is 7.23. The highest BCUT2D eigenvalue weighted by Gasteiger charge is 2.53. The summed E-state index contributed by atoms with van der Waals surface area (Å²) in [6, 6.07) is 107. The van der Waals surface area contributed by atoms with Gasteiger partial charge in [0, 0.05) is 22.1 Å². The van der Waals surface area contributed by atoms with Gasteiger partial charge in [0.05, 0.1) is 21.9 Å². The first-order valence-electron chi connectivity index (χ1n) is 27.9. The zero-order valence-corrected chi connectivity index (χ0v) is 43.5. The first-order chi connectivity index (χ1) is 39.7. The molecule has 0 bridgehead atoms. The summed E-state index contributed by atoms with van der Waals surface area (Å²) in [5.74, 6) is 0. The van der Waals surface area contributed by atoms with E-state index < -0.39 is 10.8 Å². The lowest BCUT2D eigenvalue weighted by molar-refractivity contribution is 0.672. The van der Waals surface area contributed by atoms with Crippen LogP contribution in [0, 0.1) is 0 Å². The van der Waals surface area contributed by atoms with Crippen molar-refractivity contribution in [1.82, 2.24) is 0 Å². The molecule has 0 unspecified atom stereocenters. The molecule has 2 nitrogen and oxygen atoms in total. The fourth-order valence-electron chi connectivity index (χ4n) is 15.4. The van der Waals surface area contributed by atoms with Crippen LogP contribution in [0.15, 0.2) is 290 Å². The molecule has 2 spiro atoms. The van der Waals surface area contributed by atoms with Gasteiger partial charge in [-0.15, -0.1) is 0 Å². The number of fused-ring (bicyclic) bond motifs is 25. The molecule has 80 heavy (non-hydrogen) atoms. The van der Waals surface area contributed by atoms with Gasteiger partial charge < -0.3 is 9.32 Å². The van der Waals surface area contributed by atoms with E-state index in [4.69, 9.17) is 4.42 Å². The second-order valence-corrected chi connectivity index (χ2v) is 22.1. The largest absolute Gasteiger partial charge is 0.455 e. The molecule has 0 fully saturated rings. The lowest BCUT2D eigenvalue weighted by atomic mass is 9.70. The molecule has 0 atom stereocenters. The van der Waals surface area contributed by atoms with Crippen molar-refractivity contribution in [3.8, 4) is 66.8 Å². The van der Waals surface area contributed by atoms with Crippen molar-refractivity contribution in [3.05, 3.63) is 330 Å². The van der Waals surface area contributed by atoms with E-state index in [9.17, 15) is 0 Å².